The van der Waals surface area contributed by atoms with Crippen LogP contribution in [0, 0.1) is 6.92 Å². The Kier molecular flexibility index (Phi) is 5.05. The summed E-state index contributed by atoms with van der Waals surface area (Å²) in [7, 11) is 0. The maximum Gasteiger partial charge on any atom is 0.0366 e. The first-order chi connectivity index (χ1) is 9.69. The molecule has 0 aliphatic rings. The SMILES string of the molecule is CCN(CCCc1ccc(N)cc1)c1ccc(C)cc1. The highest BCUT2D eigenvalue weighted by molar-refractivity contribution is 5.47. The third-order valence-corrected chi connectivity index (χ3v) is 3.65. The lowest BCUT2D eigenvalue weighted by molar-refractivity contribution is 0.746. The van der Waals surface area contributed by atoms with Gasteiger partial charge in [0.2, 0.25) is 0 Å². The highest BCUT2D eigenvalue weighted by Crippen LogP contribution is 2.16. The van der Waals surface area contributed by atoms with E-state index in [-0.39, 0.29) is 0 Å². The van der Waals surface area contributed by atoms with Crippen LogP contribution >= 0.6 is 0 Å². The molecule has 0 amide bonds. The van der Waals surface area contributed by atoms with Gasteiger partial charge in [-0.05, 0) is 56.5 Å². The molecule has 0 spiro atoms. The van der Waals surface area contributed by atoms with Crippen molar-refractivity contribution < 1.29 is 0 Å². The Labute approximate surface area is 122 Å². The molecule has 2 N–H and O–H groups in total. The van der Waals surface area contributed by atoms with Gasteiger partial charge in [-0.3, -0.25) is 0 Å². The Balaban J connectivity index is 1.87. The fourth-order valence-corrected chi connectivity index (χ4v) is 2.38. The minimum atomic E-state index is 0.837. The molecule has 106 valence electrons. The zero-order valence-electron chi connectivity index (χ0n) is 12.5. The van der Waals surface area contributed by atoms with Crippen LogP contribution in [-0.2, 0) is 6.42 Å². The van der Waals surface area contributed by atoms with E-state index in [2.05, 4.69) is 55.1 Å². The summed E-state index contributed by atoms with van der Waals surface area (Å²) in [6.45, 7) is 6.47. The van der Waals surface area contributed by atoms with Crippen molar-refractivity contribution in [2.24, 2.45) is 0 Å². The molecule has 2 aromatic carbocycles. The fourth-order valence-electron chi connectivity index (χ4n) is 2.38. The number of aryl methyl sites for hydroxylation is 2. The molecule has 0 aliphatic heterocycles. The molecule has 0 bridgehead atoms. The van der Waals surface area contributed by atoms with Gasteiger partial charge in [0.1, 0.15) is 0 Å². The summed E-state index contributed by atoms with van der Waals surface area (Å²) in [4.78, 5) is 2.43. The van der Waals surface area contributed by atoms with E-state index in [1.165, 1.54) is 16.8 Å². The first kappa shape index (κ1) is 14.4. The summed E-state index contributed by atoms with van der Waals surface area (Å²) in [5, 5.41) is 0. The fraction of sp³-hybridized carbons (Fsp3) is 0.333. The van der Waals surface area contributed by atoms with Crippen LogP contribution in [0.2, 0.25) is 0 Å². The monoisotopic (exact) mass is 268 g/mol. The molecule has 20 heavy (non-hydrogen) atoms. The third-order valence-electron chi connectivity index (χ3n) is 3.65. The van der Waals surface area contributed by atoms with Crippen LogP contribution < -0.4 is 10.6 Å². The van der Waals surface area contributed by atoms with Crippen molar-refractivity contribution in [3.05, 3.63) is 59.7 Å². The number of hydrogen-bond donors (Lipinski definition) is 1. The van der Waals surface area contributed by atoms with Crippen LogP contribution in [0.5, 0.6) is 0 Å². The molecule has 0 atom stereocenters. The topological polar surface area (TPSA) is 29.3 Å². The molecule has 0 aromatic heterocycles. The quantitative estimate of drug-likeness (QED) is 0.801. The molecule has 0 saturated heterocycles. The van der Waals surface area contributed by atoms with Crippen molar-refractivity contribution in [1.29, 1.82) is 0 Å². The van der Waals surface area contributed by atoms with Crippen LogP contribution in [0.15, 0.2) is 48.5 Å². The Morgan fingerprint density at radius 1 is 0.950 bits per heavy atom. The molecule has 2 nitrogen and oxygen atoms in total. The van der Waals surface area contributed by atoms with E-state index >= 15 is 0 Å². The lowest BCUT2D eigenvalue weighted by atomic mass is 10.1. The van der Waals surface area contributed by atoms with Crippen molar-refractivity contribution in [3.63, 3.8) is 0 Å². The molecule has 0 unspecified atom stereocenters. The molecule has 2 aromatic rings. The van der Waals surface area contributed by atoms with Crippen molar-refractivity contribution in [2.75, 3.05) is 23.7 Å². The number of anilines is 2. The van der Waals surface area contributed by atoms with Gasteiger partial charge in [-0.15, -0.1) is 0 Å². The molecule has 2 heteroatoms. The van der Waals surface area contributed by atoms with Crippen LogP contribution in [0.1, 0.15) is 24.5 Å². The maximum absolute atomic E-state index is 5.71. The number of nitrogen functional groups attached to an aromatic ring is 1. The van der Waals surface area contributed by atoms with Crippen molar-refractivity contribution >= 4 is 11.4 Å². The van der Waals surface area contributed by atoms with E-state index in [0.717, 1.165) is 31.6 Å². The van der Waals surface area contributed by atoms with Crippen molar-refractivity contribution in [1.82, 2.24) is 0 Å². The molecule has 2 rings (SSSR count). The van der Waals surface area contributed by atoms with E-state index in [1.807, 2.05) is 12.1 Å². The van der Waals surface area contributed by atoms with Crippen LogP contribution in [-0.4, -0.2) is 13.1 Å². The van der Waals surface area contributed by atoms with E-state index in [4.69, 9.17) is 5.73 Å². The predicted molar refractivity (Wildman–Crippen MR) is 88.2 cm³/mol. The summed E-state index contributed by atoms with van der Waals surface area (Å²) in [6, 6.07) is 17.0. The first-order valence-corrected chi connectivity index (χ1v) is 7.35. The van der Waals surface area contributed by atoms with Crippen molar-refractivity contribution in [3.8, 4) is 0 Å². The van der Waals surface area contributed by atoms with Crippen LogP contribution in [0.4, 0.5) is 11.4 Å². The van der Waals surface area contributed by atoms with Gasteiger partial charge in [0.05, 0.1) is 0 Å². The summed E-state index contributed by atoms with van der Waals surface area (Å²) >= 11 is 0. The van der Waals surface area contributed by atoms with Crippen molar-refractivity contribution in [2.45, 2.75) is 26.7 Å². The van der Waals surface area contributed by atoms with Gasteiger partial charge < -0.3 is 10.6 Å². The number of nitrogens with zero attached hydrogens (tertiary/aromatic N) is 1. The second-order valence-electron chi connectivity index (χ2n) is 5.26. The first-order valence-electron chi connectivity index (χ1n) is 7.35. The normalized spacial score (nSPS) is 10.5. The third kappa shape index (κ3) is 4.02. The summed E-state index contributed by atoms with van der Waals surface area (Å²) in [5.74, 6) is 0. The summed E-state index contributed by atoms with van der Waals surface area (Å²) < 4.78 is 0. The molecule has 0 radical (unpaired) electrons. The summed E-state index contributed by atoms with van der Waals surface area (Å²) in [5.41, 5.74) is 10.5. The van der Waals surface area contributed by atoms with Gasteiger partial charge in [-0.2, -0.15) is 0 Å². The average Bonchev–Trinajstić information content (AvgIpc) is 2.47. The Morgan fingerprint density at radius 2 is 1.60 bits per heavy atom. The van der Waals surface area contributed by atoms with Gasteiger partial charge in [-0.25, -0.2) is 0 Å². The minimum absolute atomic E-state index is 0.837. The standard InChI is InChI=1S/C18H24N2/c1-3-20(18-12-6-15(2)7-13-18)14-4-5-16-8-10-17(19)11-9-16/h6-13H,3-5,14,19H2,1-2H3. The molecule has 0 saturated carbocycles. The van der Waals surface area contributed by atoms with Gasteiger partial charge in [0, 0.05) is 24.5 Å². The lowest BCUT2D eigenvalue weighted by Gasteiger charge is -2.23. The molecule has 0 aliphatic carbocycles. The van der Waals surface area contributed by atoms with Gasteiger partial charge in [0.15, 0.2) is 0 Å². The highest BCUT2D eigenvalue weighted by Gasteiger charge is 2.03. The number of nitrogens with two attached hydrogens (primary N) is 1. The van der Waals surface area contributed by atoms with E-state index in [1.54, 1.807) is 0 Å². The number of rotatable bonds is 6. The number of hydrogen-bond acceptors (Lipinski definition) is 2. The molecular formula is C18H24N2. The van der Waals surface area contributed by atoms with Gasteiger partial charge in [-0.1, -0.05) is 29.8 Å². The maximum atomic E-state index is 5.71. The van der Waals surface area contributed by atoms with Gasteiger partial charge in [0.25, 0.3) is 0 Å². The van der Waals surface area contributed by atoms with Crippen LogP contribution in [0.3, 0.4) is 0 Å². The van der Waals surface area contributed by atoms with E-state index < -0.39 is 0 Å². The van der Waals surface area contributed by atoms with E-state index in [9.17, 15) is 0 Å². The van der Waals surface area contributed by atoms with Crippen LogP contribution in [0.25, 0.3) is 0 Å². The number of benzene rings is 2. The average molecular weight is 268 g/mol. The van der Waals surface area contributed by atoms with Gasteiger partial charge >= 0.3 is 0 Å². The Hall–Kier alpha value is -1.96. The summed E-state index contributed by atoms with van der Waals surface area (Å²) in [6.07, 6.45) is 2.26. The zero-order chi connectivity index (χ0) is 14.4. The second-order valence-corrected chi connectivity index (χ2v) is 5.26. The minimum Gasteiger partial charge on any atom is -0.399 e. The largest absolute Gasteiger partial charge is 0.399 e. The highest BCUT2D eigenvalue weighted by atomic mass is 15.1. The Morgan fingerprint density at radius 3 is 2.20 bits per heavy atom. The molecule has 0 fully saturated rings. The molecular weight excluding hydrogens is 244 g/mol. The second kappa shape index (κ2) is 6.99. The predicted octanol–water partition coefficient (Wildman–Crippen LogP) is 4.04. The van der Waals surface area contributed by atoms with E-state index in [0.29, 0.717) is 0 Å². The lowest BCUT2D eigenvalue weighted by Crippen LogP contribution is -2.24. The smallest absolute Gasteiger partial charge is 0.0366 e. The Bertz CT molecular complexity index is 514. The molecule has 0 heterocycles. The zero-order valence-corrected chi connectivity index (χ0v) is 12.5.